The van der Waals surface area contributed by atoms with Crippen LogP contribution in [-0.2, 0) is 9.59 Å². The summed E-state index contributed by atoms with van der Waals surface area (Å²) in [6.45, 7) is 8.57. The normalized spacial score (nSPS) is 21.7. The van der Waals surface area contributed by atoms with Crippen molar-refractivity contribution in [3.8, 4) is 0 Å². The molecule has 0 saturated carbocycles. The molecule has 1 heterocycles. The molecule has 4 N–H and O–H groups in total. The first-order valence-corrected chi connectivity index (χ1v) is 7.43. The van der Waals surface area contributed by atoms with Gasteiger partial charge in [-0.15, -0.1) is 0 Å². The van der Waals surface area contributed by atoms with Gasteiger partial charge in [0.05, 0.1) is 6.54 Å². The summed E-state index contributed by atoms with van der Waals surface area (Å²) >= 11 is 0. The van der Waals surface area contributed by atoms with Crippen LogP contribution in [0.5, 0.6) is 0 Å². The number of hydrogen-bond donors (Lipinski definition) is 3. The molecule has 6 nitrogen and oxygen atoms in total. The Kier molecular flexibility index (Phi) is 6.95. The Morgan fingerprint density at radius 2 is 2.05 bits per heavy atom. The molecule has 0 radical (unpaired) electrons. The lowest BCUT2D eigenvalue weighted by Crippen LogP contribution is -2.59. The van der Waals surface area contributed by atoms with Gasteiger partial charge in [-0.25, -0.2) is 0 Å². The summed E-state index contributed by atoms with van der Waals surface area (Å²) < 4.78 is 0. The highest BCUT2D eigenvalue weighted by Gasteiger charge is 2.28. The third-order valence-electron chi connectivity index (χ3n) is 3.61. The van der Waals surface area contributed by atoms with E-state index in [2.05, 4.69) is 24.5 Å². The predicted molar refractivity (Wildman–Crippen MR) is 79.1 cm³/mol. The molecule has 0 bridgehead atoms. The first kappa shape index (κ1) is 16.9. The van der Waals surface area contributed by atoms with Crippen molar-refractivity contribution >= 4 is 11.8 Å². The number of carbonyl (C=O) groups is 2. The Labute approximate surface area is 121 Å². The van der Waals surface area contributed by atoms with Gasteiger partial charge >= 0.3 is 0 Å². The molecule has 1 saturated heterocycles. The molecule has 0 aromatic carbocycles. The summed E-state index contributed by atoms with van der Waals surface area (Å²) in [5.74, 6) is 0.231. The number of rotatable bonds is 7. The number of hydrogen-bond acceptors (Lipinski definition) is 4. The molecule has 0 aromatic heterocycles. The number of nitrogens with two attached hydrogens (primary N) is 1. The summed E-state index contributed by atoms with van der Waals surface area (Å²) in [5.41, 5.74) is 5.36. The van der Waals surface area contributed by atoms with E-state index in [0.717, 1.165) is 19.4 Å². The van der Waals surface area contributed by atoms with Crippen LogP contribution < -0.4 is 16.4 Å². The number of primary amides is 1. The number of nitrogens with zero attached hydrogens (tertiary/aromatic N) is 1. The van der Waals surface area contributed by atoms with Crippen LogP contribution in [0.4, 0.5) is 0 Å². The summed E-state index contributed by atoms with van der Waals surface area (Å²) in [6, 6.07) is -0.222. The maximum atomic E-state index is 12.0. The molecule has 2 atom stereocenters. The molecule has 0 spiro atoms. The molecule has 2 unspecified atom stereocenters. The molecule has 1 fully saturated rings. The van der Waals surface area contributed by atoms with Crippen LogP contribution in [0.3, 0.4) is 0 Å². The Morgan fingerprint density at radius 1 is 1.35 bits per heavy atom. The number of amides is 2. The van der Waals surface area contributed by atoms with Gasteiger partial charge in [0.2, 0.25) is 11.8 Å². The fourth-order valence-corrected chi connectivity index (χ4v) is 2.38. The molecule has 6 heteroatoms. The van der Waals surface area contributed by atoms with E-state index in [-0.39, 0.29) is 30.4 Å². The van der Waals surface area contributed by atoms with Crippen LogP contribution in [0.25, 0.3) is 0 Å². The van der Waals surface area contributed by atoms with Crippen LogP contribution >= 0.6 is 0 Å². The standard InChI is InChI=1S/C14H28N4O2/c1-10(2)4-5-11(3)17-13(19)9-18-7-6-16-8-12(18)14(15)20/h10-12,16H,4-9H2,1-3H3,(H2,15,20)(H,17,19). The van der Waals surface area contributed by atoms with Gasteiger partial charge in [-0.3, -0.25) is 14.5 Å². The minimum Gasteiger partial charge on any atom is -0.368 e. The average molecular weight is 284 g/mol. The topological polar surface area (TPSA) is 87.5 Å². The Balaban J connectivity index is 2.38. The van der Waals surface area contributed by atoms with Crippen LogP contribution in [-0.4, -0.2) is 55.0 Å². The highest BCUT2D eigenvalue weighted by molar-refractivity contribution is 5.82. The highest BCUT2D eigenvalue weighted by atomic mass is 16.2. The fourth-order valence-electron chi connectivity index (χ4n) is 2.38. The minimum absolute atomic E-state index is 0.0330. The van der Waals surface area contributed by atoms with Crippen molar-refractivity contribution in [1.29, 1.82) is 0 Å². The Morgan fingerprint density at radius 3 is 2.65 bits per heavy atom. The predicted octanol–water partition coefficient (Wildman–Crippen LogP) is -0.314. The number of piperazine rings is 1. The monoisotopic (exact) mass is 284 g/mol. The van der Waals surface area contributed by atoms with Gasteiger partial charge in [0, 0.05) is 25.7 Å². The summed E-state index contributed by atoms with van der Waals surface area (Å²) in [6.07, 6.45) is 2.07. The van der Waals surface area contributed by atoms with E-state index in [1.165, 1.54) is 0 Å². The van der Waals surface area contributed by atoms with Crippen molar-refractivity contribution in [3.63, 3.8) is 0 Å². The largest absolute Gasteiger partial charge is 0.368 e. The maximum absolute atomic E-state index is 12.0. The number of carbonyl (C=O) groups excluding carboxylic acids is 2. The molecule has 1 rings (SSSR count). The van der Waals surface area contributed by atoms with Crippen LogP contribution in [0.2, 0.25) is 0 Å². The molecule has 1 aliphatic rings. The molecule has 20 heavy (non-hydrogen) atoms. The zero-order valence-corrected chi connectivity index (χ0v) is 12.8. The summed E-state index contributed by atoms with van der Waals surface area (Å²) in [7, 11) is 0. The molecule has 0 aliphatic carbocycles. The molecular weight excluding hydrogens is 256 g/mol. The van der Waals surface area contributed by atoms with Gasteiger partial charge in [0.25, 0.3) is 0 Å². The molecule has 116 valence electrons. The summed E-state index contributed by atoms with van der Waals surface area (Å²) in [4.78, 5) is 25.2. The van der Waals surface area contributed by atoms with Crippen molar-refractivity contribution < 1.29 is 9.59 Å². The first-order valence-electron chi connectivity index (χ1n) is 7.43. The average Bonchev–Trinajstić information content (AvgIpc) is 2.36. The second-order valence-electron chi connectivity index (χ2n) is 6.03. The molecule has 0 aromatic rings. The Bertz CT molecular complexity index is 333. The molecule has 2 amide bonds. The zero-order chi connectivity index (χ0) is 15.1. The fraction of sp³-hybridized carbons (Fsp3) is 0.857. The Hall–Kier alpha value is -1.14. The van der Waals surface area contributed by atoms with Gasteiger partial charge < -0.3 is 16.4 Å². The molecule has 1 aliphatic heterocycles. The van der Waals surface area contributed by atoms with Gasteiger partial charge in [0.1, 0.15) is 6.04 Å². The van der Waals surface area contributed by atoms with E-state index in [4.69, 9.17) is 5.73 Å². The smallest absolute Gasteiger partial charge is 0.236 e. The quantitative estimate of drug-likeness (QED) is 0.598. The van der Waals surface area contributed by atoms with Crippen molar-refractivity contribution in [2.75, 3.05) is 26.2 Å². The van der Waals surface area contributed by atoms with Gasteiger partial charge in [0.15, 0.2) is 0 Å². The van der Waals surface area contributed by atoms with E-state index in [9.17, 15) is 9.59 Å². The maximum Gasteiger partial charge on any atom is 0.236 e. The highest BCUT2D eigenvalue weighted by Crippen LogP contribution is 2.07. The van der Waals surface area contributed by atoms with Gasteiger partial charge in [-0.2, -0.15) is 0 Å². The van der Waals surface area contributed by atoms with E-state index in [1.54, 1.807) is 0 Å². The van der Waals surface area contributed by atoms with Crippen molar-refractivity contribution in [2.24, 2.45) is 11.7 Å². The minimum atomic E-state index is -0.388. The van der Waals surface area contributed by atoms with Crippen LogP contribution in [0.15, 0.2) is 0 Å². The van der Waals surface area contributed by atoms with Crippen molar-refractivity contribution in [3.05, 3.63) is 0 Å². The molecular formula is C14H28N4O2. The van der Waals surface area contributed by atoms with E-state index in [1.807, 2.05) is 11.8 Å². The lowest BCUT2D eigenvalue weighted by atomic mass is 10.0. The lowest BCUT2D eigenvalue weighted by molar-refractivity contribution is -0.127. The van der Waals surface area contributed by atoms with Crippen LogP contribution in [0, 0.1) is 5.92 Å². The second kappa shape index (κ2) is 8.21. The van der Waals surface area contributed by atoms with Crippen molar-refractivity contribution in [2.45, 2.75) is 45.7 Å². The van der Waals surface area contributed by atoms with Crippen LogP contribution in [0.1, 0.15) is 33.6 Å². The lowest BCUT2D eigenvalue weighted by Gasteiger charge is -2.33. The van der Waals surface area contributed by atoms with Gasteiger partial charge in [-0.1, -0.05) is 13.8 Å². The van der Waals surface area contributed by atoms with E-state index in [0.29, 0.717) is 19.0 Å². The van der Waals surface area contributed by atoms with E-state index < -0.39 is 0 Å². The zero-order valence-electron chi connectivity index (χ0n) is 12.8. The SMILES string of the molecule is CC(C)CCC(C)NC(=O)CN1CCNCC1C(N)=O. The third-order valence-corrected chi connectivity index (χ3v) is 3.61. The first-order chi connectivity index (χ1) is 9.40. The summed E-state index contributed by atoms with van der Waals surface area (Å²) in [5, 5.41) is 6.11. The van der Waals surface area contributed by atoms with Gasteiger partial charge in [-0.05, 0) is 25.7 Å². The van der Waals surface area contributed by atoms with E-state index >= 15 is 0 Å². The van der Waals surface area contributed by atoms with Crippen molar-refractivity contribution in [1.82, 2.24) is 15.5 Å². The third kappa shape index (κ3) is 5.88. The number of nitrogens with one attached hydrogen (secondary N) is 2. The second-order valence-corrected chi connectivity index (χ2v) is 6.03.